The topological polar surface area (TPSA) is 20.2 Å². The van der Waals surface area contributed by atoms with Crippen LogP contribution >= 0.6 is 0 Å². The highest BCUT2D eigenvalue weighted by atomic mass is 16.3. The highest BCUT2D eigenvalue weighted by Crippen LogP contribution is 2.21. The maximum absolute atomic E-state index is 9.60. The first-order valence-electron chi connectivity index (χ1n) is 4.84. The van der Waals surface area contributed by atoms with Crippen molar-refractivity contribution < 1.29 is 5.11 Å². The summed E-state index contributed by atoms with van der Waals surface area (Å²) in [5.74, 6) is 6.64. The lowest BCUT2D eigenvalue weighted by atomic mass is 9.99. The summed E-state index contributed by atoms with van der Waals surface area (Å²) in [6.45, 7) is 5.93. The van der Waals surface area contributed by atoms with Crippen molar-refractivity contribution in [1.82, 2.24) is 0 Å². The lowest BCUT2D eigenvalue weighted by molar-refractivity contribution is 0.465. The van der Waals surface area contributed by atoms with E-state index in [2.05, 4.69) is 18.8 Å². The molecule has 0 aliphatic rings. The minimum Gasteiger partial charge on any atom is -0.508 e. The monoisotopic (exact) mass is 188 g/mol. The van der Waals surface area contributed by atoms with Gasteiger partial charge in [0.25, 0.3) is 0 Å². The van der Waals surface area contributed by atoms with E-state index in [1.165, 1.54) is 5.56 Å². The zero-order chi connectivity index (χ0) is 10.6. The van der Waals surface area contributed by atoms with Gasteiger partial charge in [-0.1, -0.05) is 24.6 Å². The van der Waals surface area contributed by atoms with Gasteiger partial charge in [-0.15, -0.1) is 11.8 Å². The van der Waals surface area contributed by atoms with Crippen LogP contribution in [0.15, 0.2) is 18.2 Å². The van der Waals surface area contributed by atoms with Gasteiger partial charge >= 0.3 is 0 Å². The molecule has 0 fully saturated rings. The highest BCUT2D eigenvalue weighted by molar-refractivity contribution is 5.36. The summed E-state index contributed by atoms with van der Waals surface area (Å²) < 4.78 is 0. The van der Waals surface area contributed by atoms with Crippen molar-refractivity contribution in [2.45, 2.75) is 27.2 Å². The summed E-state index contributed by atoms with van der Waals surface area (Å²) in [5, 5.41) is 9.60. The number of phenols is 1. The minimum absolute atomic E-state index is 0.299. The molecule has 1 atom stereocenters. The number of aromatic hydroxyl groups is 1. The van der Waals surface area contributed by atoms with Gasteiger partial charge in [-0.05, 0) is 31.9 Å². The lowest BCUT2D eigenvalue weighted by Gasteiger charge is -2.07. The third-order valence-corrected chi connectivity index (χ3v) is 2.15. The third-order valence-electron chi connectivity index (χ3n) is 2.15. The predicted octanol–water partition coefficient (Wildman–Crippen LogP) is 2.90. The van der Waals surface area contributed by atoms with E-state index in [0.717, 1.165) is 12.0 Å². The average Bonchev–Trinajstić information content (AvgIpc) is 2.12. The van der Waals surface area contributed by atoms with Gasteiger partial charge in [0, 0.05) is 5.92 Å². The Balaban J connectivity index is 2.83. The normalized spacial score (nSPS) is 11.6. The molecule has 0 amide bonds. The summed E-state index contributed by atoms with van der Waals surface area (Å²) in [5.41, 5.74) is 2.16. The number of benzene rings is 1. The molecule has 0 spiro atoms. The van der Waals surface area contributed by atoms with E-state index < -0.39 is 0 Å². The predicted molar refractivity (Wildman–Crippen MR) is 59.2 cm³/mol. The molecule has 1 aromatic rings. The first-order chi connectivity index (χ1) is 6.63. The van der Waals surface area contributed by atoms with Gasteiger partial charge in [0.2, 0.25) is 0 Å². The minimum atomic E-state index is 0.299. The summed E-state index contributed by atoms with van der Waals surface area (Å²) in [7, 11) is 0. The van der Waals surface area contributed by atoms with Crippen molar-refractivity contribution in [3.63, 3.8) is 0 Å². The molecule has 0 aliphatic carbocycles. The fraction of sp³-hybridized carbons (Fsp3) is 0.385. The summed E-state index contributed by atoms with van der Waals surface area (Å²) in [6.07, 6.45) is 0.814. The molecule has 1 aromatic carbocycles. The number of hydrogen-bond donors (Lipinski definition) is 1. The van der Waals surface area contributed by atoms with Crippen LogP contribution in [0.1, 0.15) is 25.0 Å². The van der Waals surface area contributed by atoms with Crippen molar-refractivity contribution in [3.8, 4) is 17.6 Å². The Bertz CT molecular complexity index is 369. The van der Waals surface area contributed by atoms with Crippen LogP contribution in [0.3, 0.4) is 0 Å². The van der Waals surface area contributed by atoms with Crippen LogP contribution in [0.5, 0.6) is 5.75 Å². The summed E-state index contributed by atoms with van der Waals surface area (Å²) >= 11 is 0. The molecule has 0 saturated carbocycles. The molecule has 0 heterocycles. The van der Waals surface area contributed by atoms with Crippen molar-refractivity contribution in [2.24, 2.45) is 5.92 Å². The maximum Gasteiger partial charge on any atom is 0.118 e. The van der Waals surface area contributed by atoms with Crippen LogP contribution in [-0.4, -0.2) is 5.11 Å². The standard InChI is InChI=1S/C13H16O/c1-4-5-10(2)8-12-9-11(3)6-7-13(12)14/h6-7,9-10,14H,8H2,1-3H3. The van der Waals surface area contributed by atoms with Crippen LogP contribution in [0, 0.1) is 24.7 Å². The summed E-state index contributed by atoms with van der Waals surface area (Å²) in [6, 6.07) is 5.68. The van der Waals surface area contributed by atoms with Gasteiger partial charge in [0.1, 0.15) is 5.75 Å². The highest BCUT2D eigenvalue weighted by Gasteiger charge is 2.04. The fourth-order valence-corrected chi connectivity index (χ4v) is 1.51. The average molecular weight is 188 g/mol. The zero-order valence-corrected chi connectivity index (χ0v) is 8.96. The molecule has 0 radical (unpaired) electrons. The Morgan fingerprint density at radius 3 is 2.79 bits per heavy atom. The SMILES string of the molecule is CC#CC(C)Cc1cc(C)ccc1O. The van der Waals surface area contributed by atoms with E-state index in [-0.39, 0.29) is 0 Å². The molecule has 1 N–H and O–H groups in total. The van der Waals surface area contributed by atoms with Crippen molar-refractivity contribution >= 4 is 0 Å². The molecule has 0 aromatic heterocycles. The molecule has 1 rings (SSSR count). The molecular formula is C13H16O. The van der Waals surface area contributed by atoms with Crippen molar-refractivity contribution in [2.75, 3.05) is 0 Å². The summed E-state index contributed by atoms with van der Waals surface area (Å²) in [4.78, 5) is 0. The van der Waals surface area contributed by atoms with E-state index >= 15 is 0 Å². The molecule has 0 saturated heterocycles. The van der Waals surface area contributed by atoms with Gasteiger partial charge in [-0.3, -0.25) is 0 Å². The molecule has 1 unspecified atom stereocenters. The Morgan fingerprint density at radius 1 is 1.43 bits per heavy atom. The van der Waals surface area contributed by atoms with E-state index in [1.807, 2.05) is 26.0 Å². The number of rotatable bonds is 2. The molecule has 0 bridgehead atoms. The smallest absolute Gasteiger partial charge is 0.118 e. The Morgan fingerprint density at radius 2 is 2.14 bits per heavy atom. The van der Waals surface area contributed by atoms with E-state index in [9.17, 15) is 5.11 Å². The quantitative estimate of drug-likeness (QED) is 0.707. The molecule has 1 nitrogen and oxygen atoms in total. The Labute approximate surface area is 85.8 Å². The Hall–Kier alpha value is -1.42. The second-order valence-corrected chi connectivity index (χ2v) is 3.63. The largest absolute Gasteiger partial charge is 0.508 e. The van der Waals surface area contributed by atoms with E-state index in [4.69, 9.17) is 0 Å². The molecule has 1 heteroatoms. The molecule has 74 valence electrons. The van der Waals surface area contributed by atoms with Gasteiger partial charge in [0.15, 0.2) is 0 Å². The van der Waals surface area contributed by atoms with Gasteiger partial charge in [0.05, 0.1) is 0 Å². The molecule has 0 aliphatic heterocycles. The maximum atomic E-state index is 9.60. The molecular weight excluding hydrogens is 172 g/mol. The number of hydrogen-bond acceptors (Lipinski definition) is 1. The van der Waals surface area contributed by atoms with Crippen LogP contribution in [0.25, 0.3) is 0 Å². The van der Waals surface area contributed by atoms with Crippen molar-refractivity contribution in [1.29, 1.82) is 0 Å². The first-order valence-corrected chi connectivity index (χ1v) is 4.84. The second kappa shape index (κ2) is 4.72. The number of phenolic OH excluding ortho intramolecular Hbond substituents is 1. The van der Waals surface area contributed by atoms with Gasteiger partial charge in [-0.25, -0.2) is 0 Å². The first kappa shape index (κ1) is 10.7. The van der Waals surface area contributed by atoms with Crippen LogP contribution in [0.4, 0.5) is 0 Å². The fourth-order valence-electron chi connectivity index (χ4n) is 1.51. The molecule has 14 heavy (non-hydrogen) atoms. The van der Waals surface area contributed by atoms with Crippen molar-refractivity contribution in [3.05, 3.63) is 29.3 Å². The third kappa shape index (κ3) is 2.81. The lowest BCUT2D eigenvalue weighted by Crippen LogP contribution is -1.97. The Kier molecular flexibility index (Phi) is 3.59. The van der Waals surface area contributed by atoms with E-state index in [0.29, 0.717) is 11.7 Å². The van der Waals surface area contributed by atoms with Crippen LogP contribution < -0.4 is 0 Å². The van der Waals surface area contributed by atoms with E-state index in [1.54, 1.807) is 6.07 Å². The van der Waals surface area contributed by atoms with Gasteiger partial charge < -0.3 is 5.11 Å². The van der Waals surface area contributed by atoms with Crippen LogP contribution in [-0.2, 0) is 6.42 Å². The second-order valence-electron chi connectivity index (χ2n) is 3.63. The van der Waals surface area contributed by atoms with Crippen LogP contribution in [0.2, 0.25) is 0 Å². The number of aryl methyl sites for hydroxylation is 1. The van der Waals surface area contributed by atoms with Gasteiger partial charge in [-0.2, -0.15) is 0 Å². The zero-order valence-electron chi connectivity index (χ0n) is 8.96.